The van der Waals surface area contributed by atoms with Crippen molar-refractivity contribution in [1.82, 2.24) is 5.32 Å². The molecule has 0 rings (SSSR count). The lowest BCUT2D eigenvalue weighted by Gasteiger charge is -2.05. The maximum Gasteiger partial charge on any atom is -0.00489 e. The van der Waals surface area contributed by atoms with Crippen LogP contribution in [0.1, 0.15) is 84.0 Å². The molecular weight excluding hydrogens is 220 g/mol. The quantitative estimate of drug-likeness (QED) is 0.430. The van der Waals surface area contributed by atoms with E-state index in [1.807, 2.05) is 0 Å². The van der Waals surface area contributed by atoms with Crippen molar-refractivity contribution < 1.29 is 0 Å². The van der Waals surface area contributed by atoms with Gasteiger partial charge in [0.1, 0.15) is 0 Å². The van der Waals surface area contributed by atoms with Crippen molar-refractivity contribution in [1.29, 1.82) is 0 Å². The van der Waals surface area contributed by atoms with Crippen LogP contribution in [-0.2, 0) is 0 Å². The molecule has 3 N–H and O–H groups in total. The molecule has 0 fully saturated rings. The van der Waals surface area contributed by atoms with Crippen LogP contribution < -0.4 is 11.1 Å². The first-order valence-corrected chi connectivity index (χ1v) is 8.32. The van der Waals surface area contributed by atoms with Crippen LogP contribution in [0, 0.1) is 0 Å². The minimum atomic E-state index is 0.858. The minimum Gasteiger partial charge on any atom is -0.330 e. The van der Waals surface area contributed by atoms with E-state index in [1.165, 1.54) is 90.1 Å². The van der Waals surface area contributed by atoms with Gasteiger partial charge in [-0.1, -0.05) is 64.7 Å². The molecular formula is C16H36N2. The second-order valence-corrected chi connectivity index (χ2v) is 5.43. The third-order valence-corrected chi connectivity index (χ3v) is 3.51. The van der Waals surface area contributed by atoms with Gasteiger partial charge in [0.05, 0.1) is 0 Å². The van der Waals surface area contributed by atoms with Gasteiger partial charge in [-0.2, -0.15) is 0 Å². The lowest BCUT2D eigenvalue weighted by Crippen LogP contribution is -2.16. The van der Waals surface area contributed by atoms with Crippen molar-refractivity contribution in [2.45, 2.75) is 84.0 Å². The molecule has 0 aromatic carbocycles. The molecule has 0 aliphatic carbocycles. The summed E-state index contributed by atoms with van der Waals surface area (Å²) in [5.74, 6) is 0. The Bertz CT molecular complexity index is 121. The Balaban J connectivity index is 2.86. The summed E-state index contributed by atoms with van der Waals surface area (Å²) in [4.78, 5) is 0. The van der Waals surface area contributed by atoms with E-state index in [2.05, 4.69) is 12.2 Å². The normalized spacial score (nSPS) is 11.0. The van der Waals surface area contributed by atoms with Crippen molar-refractivity contribution in [3.63, 3.8) is 0 Å². The molecule has 0 radical (unpaired) electrons. The molecule has 0 bridgehead atoms. The van der Waals surface area contributed by atoms with Gasteiger partial charge in [-0.15, -0.1) is 0 Å². The Morgan fingerprint density at radius 1 is 0.611 bits per heavy atom. The van der Waals surface area contributed by atoms with E-state index < -0.39 is 0 Å². The molecule has 2 heteroatoms. The van der Waals surface area contributed by atoms with Crippen LogP contribution in [0.3, 0.4) is 0 Å². The molecule has 0 atom stereocenters. The van der Waals surface area contributed by atoms with Crippen molar-refractivity contribution in [2.75, 3.05) is 19.6 Å². The van der Waals surface area contributed by atoms with Gasteiger partial charge in [0.25, 0.3) is 0 Å². The zero-order chi connectivity index (χ0) is 13.3. The highest BCUT2D eigenvalue weighted by Gasteiger charge is 1.92. The molecule has 0 spiro atoms. The second-order valence-electron chi connectivity index (χ2n) is 5.43. The molecule has 0 aliphatic heterocycles. The summed E-state index contributed by atoms with van der Waals surface area (Å²) in [6.45, 7) is 5.56. The van der Waals surface area contributed by atoms with Gasteiger partial charge in [0, 0.05) is 0 Å². The fraction of sp³-hybridized carbons (Fsp3) is 1.00. The SMILES string of the molecule is CCCCCCCCCNCCCCCCCN. The van der Waals surface area contributed by atoms with E-state index in [1.54, 1.807) is 0 Å². The van der Waals surface area contributed by atoms with Crippen molar-refractivity contribution >= 4 is 0 Å². The molecule has 0 saturated heterocycles. The van der Waals surface area contributed by atoms with Crippen molar-refractivity contribution in [3.05, 3.63) is 0 Å². The van der Waals surface area contributed by atoms with Crippen LogP contribution in [0.25, 0.3) is 0 Å². The molecule has 18 heavy (non-hydrogen) atoms. The molecule has 0 aromatic heterocycles. The summed E-state index contributed by atoms with van der Waals surface area (Å²) in [6, 6.07) is 0. The van der Waals surface area contributed by atoms with E-state index in [9.17, 15) is 0 Å². The van der Waals surface area contributed by atoms with Gasteiger partial charge in [0.15, 0.2) is 0 Å². The lowest BCUT2D eigenvalue weighted by molar-refractivity contribution is 0.541. The fourth-order valence-corrected chi connectivity index (χ4v) is 2.26. The lowest BCUT2D eigenvalue weighted by atomic mass is 10.1. The Kier molecular flexibility index (Phi) is 16.8. The predicted molar refractivity (Wildman–Crippen MR) is 83.0 cm³/mol. The third-order valence-electron chi connectivity index (χ3n) is 3.51. The van der Waals surface area contributed by atoms with Gasteiger partial charge in [0.2, 0.25) is 0 Å². The Morgan fingerprint density at radius 2 is 1.06 bits per heavy atom. The third kappa shape index (κ3) is 15.9. The number of hydrogen-bond donors (Lipinski definition) is 2. The van der Waals surface area contributed by atoms with Crippen LogP contribution in [0.5, 0.6) is 0 Å². The smallest absolute Gasteiger partial charge is 0.00489 e. The molecule has 0 heterocycles. The molecule has 2 nitrogen and oxygen atoms in total. The highest BCUT2D eigenvalue weighted by atomic mass is 14.8. The number of nitrogens with two attached hydrogens (primary N) is 1. The summed E-state index contributed by atoms with van der Waals surface area (Å²) < 4.78 is 0. The molecule has 0 saturated carbocycles. The van der Waals surface area contributed by atoms with Crippen LogP contribution in [-0.4, -0.2) is 19.6 Å². The number of unbranched alkanes of at least 4 members (excludes halogenated alkanes) is 10. The maximum absolute atomic E-state index is 5.46. The van der Waals surface area contributed by atoms with Crippen molar-refractivity contribution in [3.8, 4) is 0 Å². The monoisotopic (exact) mass is 256 g/mol. The summed E-state index contributed by atoms with van der Waals surface area (Å²) >= 11 is 0. The molecule has 0 aliphatic rings. The van der Waals surface area contributed by atoms with Crippen LogP contribution in [0.4, 0.5) is 0 Å². The summed E-state index contributed by atoms with van der Waals surface area (Å²) in [5.41, 5.74) is 5.46. The Labute approximate surface area is 115 Å². The summed E-state index contributed by atoms with van der Waals surface area (Å²) in [6.07, 6.45) is 16.4. The van der Waals surface area contributed by atoms with E-state index in [4.69, 9.17) is 5.73 Å². The zero-order valence-corrected chi connectivity index (χ0v) is 12.7. The molecule has 0 amide bonds. The number of rotatable bonds is 15. The van der Waals surface area contributed by atoms with E-state index in [-0.39, 0.29) is 0 Å². The van der Waals surface area contributed by atoms with Gasteiger partial charge >= 0.3 is 0 Å². The maximum atomic E-state index is 5.46. The van der Waals surface area contributed by atoms with Crippen LogP contribution >= 0.6 is 0 Å². The Morgan fingerprint density at radius 3 is 1.56 bits per heavy atom. The summed E-state index contributed by atoms with van der Waals surface area (Å²) in [5, 5.41) is 3.55. The highest BCUT2D eigenvalue weighted by molar-refractivity contribution is 4.51. The highest BCUT2D eigenvalue weighted by Crippen LogP contribution is 2.06. The average Bonchev–Trinajstić information content (AvgIpc) is 2.39. The van der Waals surface area contributed by atoms with Gasteiger partial charge in [-0.05, 0) is 38.9 Å². The fourth-order valence-electron chi connectivity index (χ4n) is 2.26. The number of hydrogen-bond acceptors (Lipinski definition) is 2. The second kappa shape index (κ2) is 16.9. The molecule has 0 aromatic rings. The largest absolute Gasteiger partial charge is 0.330 e. The topological polar surface area (TPSA) is 38.0 Å². The standard InChI is InChI=1S/C16H36N2/c1-2-3-4-5-6-9-12-15-18-16-13-10-7-8-11-14-17/h18H,2-17H2,1H3. The van der Waals surface area contributed by atoms with Gasteiger partial charge in [-0.25, -0.2) is 0 Å². The van der Waals surface area contributed by atoms with E-state index in [0.717, 1.165) is 6.54 Å². The van der Waals surface area contributed by atoms with Crippen molar-refractivity contribution in [2.24, 2.45) is 5.73 Å². The first-order valence-electron chi connectivity index (χ1n) is 8.32. The molecule has 0 unspecified atom stereocenters. The zero-order valence-electron chi connectivity index (χ0n) is 12.7. The summed E-state index contributed by atoms with van der Waals surface area (Å²) in [7, 11) is 0. The minimum absolute atomic E-state index is 0.858. The van der Waals surface area contributed by atoms with Crippen LogP contribution in [0.15, 0.2) is 0 Å². The van der Waals surface area contributed by atoms with E-state index >= 15 is 0 Å². The van der Waals surface area contributed by atoms with Gasteiger partial charge in [-0.3, -0.25) is 0 Å². The van der Waals surface area contributed by atoms with Crippen LogP contribution in [0.2, 0.25) is 0 Å². The first-order chi connectivity index (χ1) is 8.91. The first kappa shape index (κ1) is 17.9. The molecule has 110 valence electrons. The Hall–Kier alpha value is -0.0800. The predicted octanol–water partition coefficient (Wildman–Crippen LogP) is 4.24. The average molecular weight is 256 g/mol. The van der Waals surface area contributed by atoms with Gasteiger partial charge < -0.3 is 11.1 Å². The number of nitrogens with one attached hydrogen (secondary N) is 1. The van der Waals surface area contributed by atoms with E-state index in [0.29, 0.717) is 0 Å².